The third-order valence-corrected chi connectivity index (χ3v) is 6.74. The number of pyridine rings is 1. The first-order chi connectivity index (χ1) is 16.2. The first-order valence-electron chi connectivity index (χ1n) is 11.8. The van der Waals surface area contributed by atoms with Crippen LogP contribution in [0.3, 0.4) is 0 Å². The van der Waals surface area contributed by atoms with E-state index in [4.69, 9.17) is 9.84 Å². The van der Waals surface area contributed by atoms with Gasteiger partial charge in [-0.3, -0.25) is 19.4 Å². The number of methoxy groups -OCH3 is 1. The maximum Gasteiger partial charge on any atom is 0.272 e. The second kappa shape index (κ2) is 9.75. The van der Waals surface area contributed by atoms with Crippen LogP contribution >= 0.6 is 0 Å². The monoisotopic (exact) mass is 445 g/mol. The summed E-state index contributed by atoms with van der Waals surface area (Å²) in [7, 11) is 1.67. The fourth-order valence-corrected chi connectivity index (χ4v) is 4.97. The third kappa shape index (κ3) is 4.93. The fourth-order valence-electron chi connectivity index (χ4n) is 4.97. The molecule has 3 aromatic rings. The number of nitrogens with zero attached hydrogens (tertiary/aromatic N) is 4. The van der Waals surface area contributed by atoms with Crippen LogP contribution in [0, 0.1) is 0 Å². The SMILES string of the molecule is COc1ccc(Cn2nc(C(=O)NC3CCCC3)c3c2CCN(Cc2cccnc2)C3)cc1. The summed E-state index contributed by atoms with van der Waals surface area (Å²) in [6.07, 6.45) is 9.08. The van der Waals surface area contributed by atoms with Crippen LogP contribution in [-0.4, -0.2) is 45.3 Å². The van der Waals surface area contributed by atoms with Crippen LogP contribution in [0.4, 0.5) is 0 Å². The van der Waals surface area contributed by atoms with Crippen molar-refractivity contribution in [1.82, 2.24) is 25.0 Å². The number of rotatable bonds is 7. The molecule has 7 heteroatoms. The molecule has 0 saturated heterocycles. The van der Waals surface area contributed by atoms with Crippen molar-refractivity contribution < 1.29 is 9.53 Å². The molecule has 1 saturated carbocycles. The predicted octanol–water partition coefficient (Wildman–Crippen LogP) is 3.57. The summed E-state index contributed by atoms with van der Waals surface area (Å²) in [5.41, 5.74) is 5.14. The Kier molecular flexibility index (Phi) is 6.39. The van der Waals surface area contributed by atoms with Gasteiger partial charge in [-0.1, -0.05) is 31.0 Å². The molecule has 2 aromatic heterocycles. The Bertz CT molecular complexity index is 1090. The zero-order chi connectivity index (χ0) is 22.6. The highest BCUT2D eigenvalue weighted by Gasteiger charge is 2.29. The van der Waals surface area contributed by atoms with Gasteiger partial charge in [0.05, 0.1) is 13.7 Å². The van der Waals surface area contributed by atoms with E-state index in [9.17, 15) is 4.79 Å². The molecule has 0 spiro atoms. The molecule has 1 N–H and O–H groups in total. The average molecular weight is 446 g/mol. The van der Waals surface area contributed by atoms with Gasteiger partial charge >= 0.3 is 0 Å². The van der Waals surface area contributed by atoms with Gasteiger partial charge in [-0.2, -0.15) is 5.10 Å². The van der Waals surface area contributed by atoms with Gasteiger partial charge in [0.1, 0.15) is 5.75 Å². The van der Waals surface area contributed by atoms with E-state index in [0.717, 1.165) is 55.8 Å². The molecule has 0 radical (unpaired) electrons. The molecule has 0 bridgehead atoms. The summed E-state index contributed by atoms with van der Waals surface area (Å²) in [6.45, 7) is 3.12. The molecule has 5 rings (SSSR count). The van der Waals surface area contributed by atoms with Gasteiger partial charge in [-0.05, 0) is 42.2 Å². The van der Waals surface area contributed by atoms with E-state index >= 15 is 0 Å². The van der Waals surface area contributed by atoms with Gasteiger partial charge in [-0.25, -0.2) is 0 Å². The maximum absolute atomic E-state index is 13.3. The Morgan fingerprint density at radius 1 is 1.12 bits per heavy atom. The second-order valence-electron chi connectivity index (χ2n) is 9.06. The van der Waals surface area contributed by atoms with Crippen LogP contribution in [0.15, 0.2) is 48.8 Å². The number of aromatic nitrogens is 3. The lowest BCUT2D eigenvalue weighted by molar-refractivity contribution is 0.0929. The van der Waals surface area contributed by atoms with Gasteiger partial charge in [0.2, 0.25) is 0 Å². The third-order valence-electron chi connectivity index (χ3n) is 6.74. The zero-order valence-corrected chi connectivity index (χ0v) is 19.2. The summed E-state index contributed by atoms with van der Waals surface area (Å²) in [4.78, 5) is 19.9. The van der Waals surface area contributed by atoms with Gasteiger partial charge in [-0.15, -0.1) is 0 Å². The molecule has 1 aliphatic carbocycles. The van der Waals surface area contributed by atoms with Crippen molar-refractivity contribution in [1.29, 1.82) is 0 Å². The summed E-state index contributed by atoms with van der Waals surface area (Å²) in [6, 6.07) is 12.4. The molecular formula is C26H31N5O2. The van der Waals surface area contributed by atoms with Gasteiger partial charge in [0.25, 0.3) is 5.91 Å². The van der Waals surface area contributed by atoms with Crippen molar-refractivity contribution in [2.75, 3.05) is 13.7 Å². The predicted molar refractivity (Wildman–Crippen MR) is 126 cm³/mol. The van der Waals surface area contributed by atoms with E-state index in [1.54, 1.807) is 13.3 Å². The maximum atomic E-state index is 13.3. The lowest BCUT2D eigenvalue weighted by Gasteiger charge is -2.27. The summed E-state index contributed by atoms with van der Waals surface area (Å²) < 4.78 is 7.31. The summed E-state index contributed by atoms with van der Waals surface area (Å²) in [5.74, 6) is 0.804. The lowest BCUT2D eigenvalue weighted by Crippen LogP contribution is -2.35. The minimum Gasteiger partial charge on any atom is -0.497 e. The fraction of sp³-hybridized carbons (Fsp3) is 0.423. The van der Waals surface area contributed by atoms with Crippen LogP contribution in [0.25, 0.3) is 0 Å². The van der Waals surface area contributed by atoms with Crippen molar-refractivity contribution in [3.63, 3.8) is 0 Å². The molecular weight excluding hydrogens is 414 g/mol. The van der Waals surface area contributed by atoms with Crippen molar-refractivity contribution in [3.05, 3.63) is 76.9 Å². The van der Waals surface area contributed by atoms with Crippen molar-refractivity contribution >= 4 is 5.91 Å². The highest BCUT2D eigenvalue weighted by Crippen LogP contribution is 2.26. The standard InChI is InChI=1S/C26H31N5O2/c1-33-22-10-8-19(9-11-22)17-31-24-12-14-30(16-20-5-4-13-27-15-20)18-23(24)25(29-31)26(32)28-21-6-2-3-7-21/h4-5,8-11,13,15,21H,2-3,6-7,12,14,16-18H2,1H3,(H,28,32). The van der Waals surface area contributed by atoms with Crippen molar-refractivity contribution in [3.8, 4) is 5.75 Å². The number of carbonyl (C=O) groups is 1. The Hall–Kier alpha value is -3.19. The Balaban J connectivity index is 1.40. The normalized spacial score (nSPS) is 16.5. The average Bonchev–Trinajstić information content (AvgIpc) is 3.48. The molecule has 172 valence electrons. The molecule has 0 unspecified atom stereocenters. The summed E-state index contributed by atoms with van der Waals surface area (Å²) >= 11 is 0. The van der Waals surface area contributed by atoms with Gasteiger partial charge < -0.3 is 10.1 Å². The van der Waals surface area contributed by atoms with Crippen LogP contribution < -0.4 is 10.1 Å². The highest BCUT2D eigenvalue weighted by atomic mass is 16.5. The van der Waals surface area contributed by atoms with Gasteiger partial charge in [0.15, 0.2) is 5.69 Å². The van der Waals surface area contributed by atoms with E-state index < -0.39 is 0 Å². The molecule has 3 heterocycles. The Labute approximate surface area is 194 Å². The first-order valence-corrected chi connectivity index (χ1v) is 11.8. The number of nitrogens with one attached hydrogen (secondary N) is 1. The zero-order valence-electron chi connectivity index (χ0n) is 19.2. The van der Waals surface area contributed by atoms with Crippen LogP contribution in [0.2, 0.25) is 0 Å². The molecule has 7 nitrogen and oxygen atoms in total. The quantitative estimate of drug-likeness (QED) is 0.602. The number of ether oxygens (including phenoxy) is 1. The van der Waals surface area contributed by atoms with E-state index in [0.29, 0.717) is 12.2 Å². The molecule has 1 aromatic carbocycles. The number of hydrogen-bond donors (Lipinski definition) is 1. The molecule has 33 heavy (non-hydrogen) atoms. The minimum absolute atomic E-state index is 0.0325. The second-order valence-corrected chi connectivity index (χ2v) is 9.06. The van der Waals surface area contributed by atoms with E-state index in [1.165, 1.54) is 24.1 Å². The Morgan fingerprint density at radius 2 is 1.94 bits per heavy atom. The van der Waals surface area contributed by atoms with Crippen LogP contribution in [0.1, 0.15) is 58.6 Å². The molecule has 0 atom stereocenters. The first kappa shape index (κ1) is 21.6. The van der Waals surface area contributed by atoms with Crippen LogP contribution in [-0.2, 0) is 26.1 Å². The van der Waals surface area contributed by atoms with Crippen LogP contribution in [0.5, 0.6) is 5.75 Å². The Morgan fingerprint density at radius 3 is 2.67 bits per heavy atom. The lowest BCUT2D eigenvalue weighted by atomic mass is 10.0. The minimum atomic E-state index is -0.0325. The van der Waals surface area contributed by atoms with Crippen molar-refractivity contribution in [2.45, 2.75) is 57.8 Å². The number of fused-ring (bicyclic) bond motifs is 1. The van der Waals surface area contributed by atoms with Gasteiger partial charge in [0, 0.05) is 55.7 Å². The number of carbonyl (C=O) groups excluding carboxylic acids is 1. The largest absolute Gasteiger partial charge is 0.497 e. The number of hydrogen-bond acceptors (Lipinski definition) is 5. The smallest absolute Gasteiger partial charge is 0.272 e. The molecule has 1 amide bonds. The topological polar surface area (TPSA) is 72.3 Å². The van der Waals surface area contributed by atoms with Crippen molar-refractivity contribution in [2.24, 2.45) is 0 Å². The van der Waals surface area contributed by atoms with E-state index in [2.05, 4.69) is 33.4 Å². The van der Waals surface area contributed by atoms with E-state index in [1.807, 2.05) is 29.1 Å². The summed E-state index contributed by atoms with van der Waals surface area (Å²) in [5, 5.41) is 8.09. The molecule has 2 aliphatic rings. The number of benzene rings is 1. The van der Waals surface area contributed by atoms with E-state index in [-0.39, 0.29) is 11.9 Å². The molecule has 1 aliphatic heterocycles. The number of amides is 1. The molecule has 1 fully saturated rings. The highest BCUT2D eigenvalue weighted by molar-refractivity contribution is 5.94.